The van der Waals surface area contributed by atoms with Crippen molar-refractivity contribution < 1.29 is 76.5 Å². The van der Waals surface area contributed by atoms with Gasteiger partial charge in [-0.15, -0.1) is 22.7 Å². The van der Waals surface area contributed by atoms with Crippen molar-refractivity contribution in [3.05, 3.63) is 131 Å². The number of nitrogens with two attached hydrogens (primary N) is 4. The fourth-order valence-corrected chi connectivity index (χ4v) is 11.2. The summed E-state index contributed by atoms with van der Waals surface area (Å²) in [5.41, 5.74) is 23.5. The van der Waals surface area contributed by atoms with Gasteiger partial charge >= 0.3 is 0 Å². The quantitative estimate of drug-likeness (QED) is 0.0225. The predicted octanol–water partition coefficient (Wildman–Crippen LogP) is 7.95. The molecule has 0 bridgehead atoms. The summed E-state index contributed by atoms with van der Waals surface area (Å²) in [7, 11) is -17.6. The molecule has 404 valence electrons. The lowest BCUT2D eigenvalue weighted by molar-refractivity contribution is 0.102. The van der Waals surface area contributed by atoms with Gasteiger partial charge in [-0.2, -0.15) is 33.7 Å². The number of thiol groups is 1. The van der Waals surface area contributed by atoms with Crippen LogP contribution in [0.15, 0.2) is 140 Å². The molecule has 2 heterocycles. The lowest BCUT2D eigenvalue weighted by atomic mass is 10.0. The molecule has 2 aromatic heterocycles. The van der Waals surface area contributed by atoms with E-state index in [4.69, 9.17) is 36.6 Å². The maximum atomic E-state index is 12.7. The van der Waals surface area contributed by atoms with Crippen molar-refractivity contribution in [2.24, 2.45) is 0 Å². The molecule has 23 nitrogen and oxygen atoms in total. The monoisotopic (exact) mass is 1180 g/mol. The van der Waals surface area contributed by atoms with Gasteiger partial charge in [0.25, 0.3) is 46.4 Å². The number of nitrogens with one attached hydrogen (secondary N) is 2. The minimum absolute atomic E-state index is 0.0415. The fourth-order valence-electron chi connectivity index (χ4n) is 7.13. The van der Waals surface area contributed by atoms with Crippen LogP contribution >= 0.6 is 35.6 Å². The summed E-state index contributed by atoms with van der Waals surface area (Å²) in [6, 6.07) is 27.3. The lowest BCUT2D eigenvalue weighted by Crippen LogP contribution is -2.13. The molecule has 1 unspecified atom stereocenters. The molecule has 9 aromatic rings. The van der Waals surface area contributed by atoms with Crippen LogP contribution in [0.5, 0.6) is 11.5 Å². The summed E-state index contributed by atoms with van der Waals surface area (Å²) in [5.74, 6) is -2.22. The Hall–Kier alpha value is -7.04. The van der Waals surface area contributed by atoms with E-state index in [9.17, 15) is 62.9 Å². The van der Waals surface area contributed by atoms with Gasteiger partial charge in [0.05, 0.1) is 42.4 Å². The Balaban J connectivity index is 0.000000206. The molecule has 0 saturated heterocycles. The van der Waals surface area contributed by atoms with Crippen molar-refractivity contribution in [2.75, 3.05) is 40.6 Å². The van der Waals surface area contributed by atoms with Crippen LogP contribution in [-0.4, -0.2) is 84.7 Å². The van der Waals surface area contributed by atoms with Crippen LogP contribution in [-0.2, 0) is 40.5 Å². The Kier molecular flexibility index (Phi) is 18.8. The van der Waals surface area contributed by atoms with Crippen LogP contribution in [0.4, 0.5) is 34.1 Å². The number of aromatic hydroxyl groups is 2. The van der Waals surface area contributed by atoms with E-state index in [1.54, 1.807) is 22.7 Å². The first-order valence-electron chi connectivity index (χ1n) is 20.9. The second-order valence-electron chi connectivity index (χ2n) is 15.7. The van der Waals surface area contributed by atoms with E-state index in [-0.39, 0.29) is 38.5 Å². The van der Waals surface area contributed by atoms with Crippen molar-refractivity contribution in [3.8, 4) is 11.5 Å². The molecule has 1 amide bonds. The molecule has 18 N–H and O–H groups in total. The first kappa shape index (κ1) is 59.8. The van der Waals surface area contributed by atoms with E-state index < -0.39 is 94.9 Å². The molecule has 9 rings (SSSR count). The maximum Gasteiger partial charge on any atom is 0.296 e. The predicted molar refractivity (Wildman–Crippen MR) is 298 cm³/mol. The largest absolute Gasteiger partial charge is 0.505 e. The molecule has 76 heavy (non-hydrogen) atoms. The Labute approximate surface area is 447 Å². The normalized spacial score (nSPS) is 12.0. The van der Waals surface area contributed by atoms with Gasteiger partial charge in [0, 0.05) is 40.4 Å². The van der Waals surface area contributed by atoms with E-state index in [0.717, 1.165) is 47.8 Å². The number of hydrogen-bond donors (Lipinski definition) is 15. The highest BCUT2D eigenvalue weighted by atomic mass is 32.2. The number of rotatable bonds is 8. The molecule has 0 aliphatic carbocycles. The van der Waals surface area contributed by atoms with Gasteiger partial charge < -0.3 is 53.4 Å². The van der Waals surface area contributed by atoms with Gasteiger partial charge in [-0.3, -0.25) is 23.0 Å². The number of aliphatic hydroxyl groups is 1. The molecule has 0 saturated carbocycles. The van der Waals surface area contributed by atoms with Crippen molar-refractivity contribution in [2.45, 2.75) is 32.6 Å². The number of carbonyl (C=O) groups excluding carboxylic acids is 1. The highest BCUT2D eigenvalue weighted by Crippen LogP contribution is 2.43. The van der Waals surface area contributed by atoms with Gasteiger partial charge in [-0.1, -0.05) is 36.4 Å². The van der Waals surface area contributed by atoms with Gasteiger partial charge in [-0.25, -0.2) is 0 Å². The summed E-state index contributed by atoms with van der Waals surface area (Å²) in [4.78, 5) is 9.80. The van der Waals surface area contributed by atoms with Gasteiger partial charge in [-0.05, 0) is 130 Å². The van der Waals surface area contributed by atoms with Gasteiger partial charge in [0.1, 0.15) is 21.3 Å². The summed E-state index contributed by atoms with van der Waals surface area (Å²) < 4.78 is 138. The number of thiophene rings is 2. The molecule has 0 aliphatic rings. The molecule has 0 fully saturated rings. The van der Waals surface area contributed by atoms with E-state index >= 15 is 0 Å². The van der Waals surface area contributed by atoms with Crippen LogP contribution in [0.1, 0.15) is 28.9 Å². The van der Waals surface area contributed by atoms with E-state index in [0.29, 0.717) is 5.56 Å². The summed E-state index contributed by atoms with van der Waals surface area (Å²) in [5, 5.41) is 41.2. The molecule has 0 radical (unpaired) electrons. The summed E-state index contributed by atoms with van der Waals surface area (Å²) in [6.45, 7) is 1.54. The fraction of sp³-hybridized carbons (Fsp3) is 0.0652. The van der Waals surface area contributed by atoms with Crippen molar-refractivity contribution in [1.82, 2.24) is 0 Å². The molecule has 0 spiro atoms. The number of amides is 1. The first-order valence-corrected chi connectivity index (χ1v) is 28.8. The summed E-state index contributed by atoms with van der Waals surface area (Å²) in [6.07, 6.45) is -0.764. The van der Waals surface area contributed by atoms with E-state index in [1.807, 2.05) is 24.3 Å². The average Bonchev–Trinajstić information content (AvgIpc) is 4.05. The Bertz CT molecular complexity index is 4050. The number of fused-ring (bicyclic) bond motifs is 4. The Morgan fingerprint density at radius 3 is 1.30 bits per heavy atom. The Morgan fingerprint density at radius 2 is 0.947 bits per heavy atom. The van der Waals surface area contributed by atoms with Crippen LogP contribution in [0.3, 0.4) is 0 Å². The molecular weight excluding hydrogens is 1130 g/mol. The molecule has 0 aliphatic heterocycles. The number of phenols is 2. The number of hydrogen-bond acceptors (Lipinski definition) is 21. The lowest BCUT2D eigenvalue weighted by Gasteiger charge is -2.15. The van der Waals surface area contributed by atoms with Crippen LogP contribution in [0, 0.1) is 0 Å². The third-order valence-corrected chi connectivity index (χ3v) is 16.1. The molecule has 7 aromatic carbocycles. The third-order valence-electron chi connectivity index (χ3n) is 10.7. The standard InChI is InChI=1S/C19H18N2O9S2.C11H12N2O7S2.2C8H7NS.H2OS/c1-9(22)10-2-4-11(5-3-10)19(24)21-14-8-13(31(25,26)27)6-12-7-15(32(28,29)30)17(20)18(23)16(12)14;1-13-7-4-6(21(15,16)17)2-5-3-8(22(18,19)20)10(12)11(14)9(5)7;2*9-7-3-1-2-6-4-5-10-8(6)7;1-2/h2-9,22-23H,20H2,1H3,(H,21,24)(H,25,26,27)(H,28,29,30);2-4,13-14H,12H2,1H3,(H,15,16,17)(H,18,19,20);2*1-5H,9H2;1-2H. The number of anilines is 6. The van der Waals surface area contributed by atoms with Gasteiger partial charge in [0.15, 0.2) is 0 Å². The molecular formula is C46H46N6O17S7. The highest BCUT2D eigenvalue weighted by molar-refractivity contribution is 7.86. The second kappa shape index (κ2) is 23.9. The number of aliphatic hydroxyl groups excluding tert-OH is 1. The van der Waals surface area contributed by atoms with E-state index in [2.05, 4.69) is 58.6 Å². The SMILES string of the molecule is CC(O)c1ccc(C(=O)Nc2cc(S(=O)(=O)O)cc3cc(S(=O)(=O)O)c(N)c(O)c23)cc1.CNc1cc(S(=O)(=O)O)cc2cc(S(=O)(=O)O)c(N)c(O)c12.Nc1cccc2ccsc12.Nc1cccc2ccsc12.OS. The van der Waals surface area contributed by atoms with Crippen molar-refractivity contribution in [3.63, 3.8) is 0 Å². The maximum absolute atomic E-state index is 12.7. The number of phenolic OH excluding ortho intramolecular Hbond substituents is 2. The number of carbonyl (C=O) groups is 1. The smallest absolute Gasteiger partial charge is 0.296 e. The molecule has 1 atom stereocenters. The minimum Gasteiger partial charge on any atom is -0.505 e. The topological polar surface area (TPSA) is 444 Å². The Morgan fingerprint density at radius 1 is 0.553 bits per heavy atom. The zero-order valence-corrected chi connectivity index (χ0v) is 44.9. The van der Waals surface area contributed by atoms with Gasteiger partial charge in [0.2, 0.25) is 0 Å². The number of benzene rings is 7. The van der Waals surface area contributed by atoms with Crippen LogP contribution in [0.25, 0.3) is 41.7 Å². The zero-order chi connectivity index (χ0) is 56.8. The molecule has 30 heteroatoms. The zero-order valence-electron chi connectivity index (χ0n) is 39.1. The van der Waals surface area contributed by atoms with E-state index in [1.165, 1.54) is 58.4 Å². The average molecular weight is 1180 g/mol. The third kappa shape index (κ3) is 13.9. The second-order valence-corrected chi connectivity index (χ2v) is 23.1. The number of nitrogen functional groups attached to an aromatic ring is 4. The van der Waals surface area contributed by atoms with Crippen molar-refractivity contribution in [1.29, 1.82) is 0 Å². The minimum atomic E-state index is -4.89. The highest BCUT2D eigenvalue weighted by Gasteiger charge is 2.26. The summed E-state index contributed by atoms with van der Waals surface area (Å²) >= 11 is 5.91. The van der Waals surface area contributed by atoms with Crippen molar-refractivity contribution >= 4 is 158 Å². The first-order chi connectivity index (χ1) is 35.4. The van der Waals surface area contributed by atoms with Crippen LogP contribution in [0.2, 0.25) is 0 Å². The van der Waals surface area contributed by atoms with Crippen LogP contribution < -0.4 is 33.6 Å².